The number of fused-ring (bicyclic) bond motifs is 3. The van der Waals surface area contributed by atoms with Crippen LogP contribution in [0.15, 0.2) is 132 Å². The fraction of sp³-hybridized carbons (Fsp3) is 0.220. The van der Waals surface area contributed by atoms with Crippen molar-refractivity contribution < 1.29 is 24.5 Å². The Morgan fingerprint density at radius 1 is 0.673 bits per heavy atom. The maximum atomic E-state index is 6.57. The molecule has 0 spiro atoms. The summed E-state index contributed by atoms with van der Waals surface area (Å²) in [5.74, 6) is 1.25. The number of pyridine rings is 3. The summed E-state index contributed by atoms with van der Waals surface area (Å²) in [6.45, 7) is 15.7. The first-order valence-electron chi connectivity index (χ1n) is 19.0. The molecular weight excluding hydrogens is 851 g/mol. The zero-order valence-corrected chi connectivity index (χ0v) is 35.0. The van der Waals surface area contributed by atoms with Crippen molar-refractivity contribution >= 4 is 22.1 Å². The van der Waals surface area contributed by atoms with Crippen LogP contribution in [-0.4, -0.2) is 15.0 Å². The molecule has 1 radical (unpaired) electrons. The monoisotopic (exact) mass is 898 g/mol. The van der Waals surface area contributed by atoms with Gasteiger partial charge >= 0.3 is 0 Å². The second-order valence-corrected chi connectivity index (χ2v) is 15.0. The molecule has 0 unspecified atom stereocenters. The number of aromatic nitrogens is 3. The van der Waals surface area contributed by atoms with Crippen LogP contribution in [-0.2, 0) is 26.5 Å². The molecule has 5 heteroatoms. The van der Waals surface area contributed by atoms with Crippen molar-refractivity contribution in [2.45, 2.75) is 66.7 Å². The van der Waals surface area contributed by atoms with E-state index < -0.39 is 0 Å². The minimum absolute atomic E-state index is 0. The molecule has 55 heavy (non-hydrogen) atoms. The normalized spacial score (nSPS) is 11.2. The molecule has 8 rings (SSSR count). The molecule has 0 aliphatic heterocycles. The number of hydrogen-bond acceptors (Lipinski definition) is 4. The fourth-order valence-electron chi connectivity index (χ4n) is 7.27. The predicted octanol–water partition coefficient (Wildman–Crippen LogP) is 13.5. The van der Waals surface area contributed by atoms with E-state index in [0.29, 0.717) is 23.5 Å². The number of benzene rings is 4. The van der Waals surface area contributed by atoms with Crippen LogP contribution >= 0.6 is 0 Å². The molecule has 0 N–H and O–H groups in total. The van der Waals surface area contributed by atoms with E-state index in [1.54, 1.807) is 6.20 Å². The van der Waals surface area contributed by atoms with Crippen molar-refractivity contribution in [2.24, 2.45) is 5.92 Å². The summed E-state index contributed by atoms with van der Waals surface area (Å²) >= 11 is 0. The van der Waals surface area contributed by atoms with Crippen LogP contribution in [0.2, 0.25) is 0 Å². The number of aryl methyl sites for hydroxylation is 1. The zero-order chi connectivity index (χ0) is 37.8. The summed E-state index contributed by atoms with van der Waals surface area (Å²) in [4.78, 5) is 14.3. The Hall–Kier alpha value is -5.22. The van der Waals surface area contributed by atoms with Crippen LogP contribution in [0.3, 0.4) is 0 Å². The Labute approximate surface area is 339 Å². The van der Waals surface area contributed by atoms with Gasteiger partial charge in [0.25, 0.3) is 0 Å². The van der Waals surface area contributed by atoms with Crippen molar-refractivity contribution in [2.75, 3.05) is 0 Å². The number of nitrogens with zero attached hydrogens (tertiary/aromatic N) is 3. The van der Waals surface area contributed by atoms with Gasteiger partial charge in [-0.3, -0.25) is 0 Å². The van der Waals surface area contributed by atoms with Gasteiger partial charge in [0.15, 0.2) is 0 Å². The first kappa shape index (κ1) is 39.5. The quantitative estimate of drug-likeness (QED) is 0.143. The van der Waals surface area contributed by atoms with E-state index in [9.17, 15) is 0 Å². The van der Waals surface area contributed by atoms with Crippen LogP contribution in [0.25, 0.3) is 67.0 Å². The summed E-state index contributed by atoms with van der Waals surface area (Å²) in [5, 5.41) is 2.04. The van der Waals surface area contributed by atoms with Crippen LogP contribution in [0, 0.1) is 25.0 Å². The van der Waals surface area contributed by atoms with Crippen molar-refractivity contribution in [3.8, 4) is 44.9 Å². The van der Waals surface area contributed by atoms with Crippen molar-refractivity contribution in [1.82, 2.24) is 15.0 Å². The van der Waals surface area contributed by atoms with Gasteiger partial charge in [0.1, 0.15) is 0 Å². The minimum Gasteiger partial charge on any atom is -0.486 e. The fourth-order valence-corrected chi connectivity index (χ4v) is 7.27. The van der Waals surface area contributed by atoms with Gasteiger partial charge in [-0.05, 0) is 88.5 Å². The maximum absolute atomic E-state index is 6.57. The molecule has 4 aromatic heterocycles. The predicted molar refractivity (Wildman–Crippen MR) is 224 cm³/mol. The molecule has 0 amide bonds. The number of hydrogen-bond donors (Lipinski definition) is 0. The van der Waals surface area contributed by atoms with E-state index in [4.69, 9.17) is 14.4 Å². The molecule has 4 nitrogen and oxygen atoms in total. The summed E-state index contributed by atoms with van der Waals surface area (Å²) < 4.78 is 6.57. The van der Waals surface area contributed by atoms with Gasteiger partial charge in [-0.15, -0.1) is 54.1 Å². The second-order valence-electron chi connectivity index (χ2n) is 15.0. The van der Waals surface area contributed by atoms with Crippen LogP contribution in [0.4, 0.5) is 0 Å². The average Bonchev–Trinajstić information content (AvgIpc) is 3.57. The molecule has 4 heterocycles. The first-order valence-corrected chi connectivity index (χ1v) is 19.0. The van der Waals surface area contributed by atoms with Crippen molar-refractivity contribution in [3.63, 3.8) is 0 Å². The third kappa shape index (κ3) is 8.54. The van der Waals surface area contributed by atoms with Gasteiger partial charge in [0.05, 0.1) is 11.3 Å². The van der Waals surface area contributed by atoms with Gasteiger partial charge in [0.2, 0.25) is 5.71 Å². The van der Waals surface area contributed by atoms with E-state index in [2.05, 4.69) is 132 Å². The third-order valence-corrected chi connectivity index (χ3v) is 9.87. The van der Waals surface area contributed by atoms with Gasteiger partial charge < -0.3 is 14.4 Å². The molecule has 0 fully saturated rings. The molecule has 4 aromatic carbocycles. The van der Waals surface area contributed by atoms with E-state index in [0.717, 1.165) is 51.0 Å². The van der Waals surface area contributed by atoms with Gasteiger partial charge in [0, 0.05) is 43.4 Å². The average molecular weight is 898 g/mol. The Kier molecular flexibility index (Phi) is 12.6. The topological polar surface area (TPSA) is 51.8 Å². The Bertz CT molecular complexity index is 2470. The van der Waals surface area contributed by atoms with Gasteiger partial charge in [-0.1, -0.05) is 119 Å². The van der Waals surface area contributed by atoms with Crippen LogP contribution < -0.4 is 0 Å². The summed E-state index contributed by atoms with van der Waals surface area (Å²) in [6, 6.07) is 46.0. The Balaban J connectivity index is 0.000000336. The standard InChI is InChI=1S/C39H39N2O.C11H8N.Ir/c1-23(2)20-28-22-40-35(21-26(28)7)33-15-11-14-31-32-18-19-34(41-39(32)42-38(31)33)37-29(24(3)4)16-17-30(36(37)25(5)6)27-12-9-8-10-13-27;1-2-6-10(7-3-1)11-8-4-5-9-12-11;/h8-14,16-19,21-25H,20H2,1-7H3;1-6,8-9H;/q2*-1;. The first-order chi connectivity index (χ1) is 26.2. The summed E-state index contributed by atoms with van der Waals surface area (Å²) in [6.07, 6.45) is 4.82. The zero-order valence-electron chi connectivity index (χ0n) is 32.6. The van der Waals surface area contributed by atoms with E-state index in [1.807, 2.05) is 54.7 Å². The number of rotatable bonds is 8. The van der Waals surface area contributed by atoms with E-state index in [1.165, 1.54) is 38.9 Å². The molecule has 0 aliphatic carbocycles. The third-order valence-electron chi connectivity index (χ3n) is 9.87. The van der Waals surface area contributed by atoms with Crippen LogP contribution in [0.1, 0.15) is 75.6 Å². The molecule has 0 saturated heterocycles. The summed E-state index contributed by atoms with van der Waals surface area (Å²) in [7, 11) is 0. The van der Waals surface area contributed by atoms with Crippen molar-refractivity contribution in [3.05, 3.63) is 162 Å². The minimum atomic E-state index is 0. The molecule has 0 aliphatic rings. The maximum Gasteiger partial charge on any atom is 0.216 e. The molecule has 8 aromatic rings. The Morgan fingerprint density at radius 3 is 2.13 bits per heavy atom. The molecule has 279 valence electrons. The summed E-state index contributed by atoms with van der Waals surface area (Å²) in [5.41, 5.74) is 15.0. The smallest absolute Gasteiger partial charge is 0.216 e. The SMILES string of the molecule is Cc1cc(-c2[c-]ccc3c2oc2nc(-c4c(C(C)C)ccc(-c5ccccc5)c4C(C)C)ccc23)ncc1CC(C)C.[Ir].[c-]1ccccc1-c1ccccn1. The molecular formula is C50H47IrN3O-2. The van der Waals surface area contributed by atoms with E-state index in [-0.39, 0.29) is 20.1 Å². The Morgan fingerprint density at radius 2 is 1.45 bits per heavy atom. The van der Waals surface area contributed by atoms with Gasteiger partial charge in [-0.25, -0.2) is 4.98 Å². The molecule has 0 bridgehead atoms. The van der Waals surface area contributed by atoms with Crippen LogP contribution in [0.5, 0.6) is 0 Å². The van der Waals surface area contributed by atoms with Crippen molar-refractivity contribution in [1.29, 1.82) is 0 Å². The molecule has 0 atom stereocenters. The van der Waals surface area contributed by atoms with E-state index >= 15 is 0 Å². The van der Waals surface area contributed by atoms with Gasteiger partial charge in [-0.2, -0.15) is 0 Å². The largest absolute Gasteiger partial charge is 0.486 e. The second kappa shape index (κ2) is 17.5. The molecule has 0 saturated carbocycles. The number of furan rings is 1.